The lowest BCUT2D eigenvalue weighted by Crippen LogP contribution is -2.44. The highest BCUT2D eigenvalue weighted by Crippen LogP contribution is 2.52. The fourth-order valence-corrected chi connectivity index (χ4v) is 22.2. The van der Waals surface area contributed by atoms with E-state index in [1.807, 2.05) is 131 Å². The molecule has 4 saturated carbocycles. The van der Waals surface area contributed by atoms with Crippen LogP contribution in [0.15, 0.2) is 244 Å². The molecular formula is C112H116F4N16O8. The lowest BCUT2D eigenvalue weighted by molar-refractivity contribution is 0.127. The van der Waals surface area contributed by atoms with E-state index < -0.39 is 0 Å². The summed E-state index contributed by atoms with van der Waals surface area (Å²) in [7, 11) is 0. The van der Waals surface area contributed by atoms with Gasteiger partial charge in [-0.15, -0.1) is 0 Å². The van der Waals surface area contributed by atoms with Gasteiger partial charge in [-0.1, -0.05) is 97.1 Å². The monoisotopic (exact) mass is 1890 g/mol. The number of rotatable bonds is 20. The van der Waals surface area contributed by atoms with Crippen molar-refractivity contribution in [2.45, 2.75) is 178 Å². The highest BCUT2D eigenvalue weighted by atomic mass is 19.1. The SMILES string of the molecule is CCOC(=O)N[C@@H]1CC[C@@H]2[C@H](Cc3ccnnc3[C@H]2/C=C/c2ccc(-c3cccc(F)c3)cn2)C1.CCOC(=O)N[C@@H]1CC[C@@H]2[C@H](Cc3cncnc3[C@H]2/C=C/c2ccc(-c3cccc(F)c3)cn2)C1.CCOC(=O)N[C@@H]1CC[C@@H]2[C@H](Cc3cnncc3[C@H]2/C=C/c2ccc(-c3cccc(F)c3)cn2)C1.CCOC(=O)N[C@@H]1CC[C@@H]2[C@H](Cc3nccnc3[C@H]2/C=C/c2ccc(-c3cccc(F)c3)cn2)C1. The molecule has 4 fully saturated rings. The van der Waals surface area contributed by atoms with Gasteiger partial charge in [0.25, 0.3) is 0 Å². The second-order valence-corrected chi connectivity index (χ2v) is 37.2. The van der Waals surface area contributed by atoms with Crippen LogP contribution in [0, 0.1) is 70.6 Å². The number of nitrogens with zero attached hydrogens (tertiary/aromatic N) is 12. The van der Waals surface area contributed by atoms with E-state index in [1.165, 1.54) is 70.8 Å². The molecule has 0 unspecified atom stereocenters. The number of benzene rings is 4. The highest BCUT2D eigenvalue weighted by molar-refractivity contribution is 5.71. The van der Waals surface area contributed by atoms with Crippen LogP contribution in [0.3, 0.4) is 0 Å². The smallest absolute Gasteiger partial charge is 0.407 e. The number of allylic oxidation sites excluding steroid dienone is 4. The van der Waals surface area contributed by atoms with Gasteiger partial charge in [-0.05, 0) is 325 Å². The van der Waals surface area contributed by atoms with Gasteiger partial charge in [-0.2, -0.15) is 20.4 Å². The highest BCUT2D eigenvalue weighted by Gasteiger charge is 2.46. The Balaban J connectivity index is 0.000000129. The lowest BCUT2D eigenvalue weighted by Gasteiger charge is -2.43. The predicted molar refractivity (Wildman–Crippen MR) is 528 cm³/mol. The number of nitrogens with one attached hydrogen (secondary N) is 4. The number of pyridine rings is 4. The van der Waals surface area contributed by atoms with Crippen molar-refractivity contribution in [2.24, 2.45) is 47.3 Å². The van der Waals surface area contributed by atoms with Gasteiger partial charge in [0.1, 0.15) is 29.6 Å². The number of ether oxygens (including phenoxy) is 4. The van der Waals surface area contributed by atoms with Crippen LogP contribution in [0.4, 0.5) is 36.7 Å². The van der Waals surface area contributed by atoms with Gasteiger partial charge >= 0.3 is 24.4 Å². The summed E-state index contributed by atoms with van der Waals surface area (Å²) in [6, 6.07) is 44.4. The number of carbonyl (C=O) groups excluding carboxylic acids is 4. The standard InChI is InChI=1S/4C28H29FN4O2/c1-2-35-28(34)33-24-9-10-25-20(14-24)12-21-15-30-17-32-27(21)26(25)11-8-23-7-6-19(16-31-23)18-4-3-5-22(29)13-18;1-2-35-28(34)33-24-9-10-25-20(14-24)12-21-16-31-32-17-27(21)26(25)11-8-23-7-6-19(15-30-23)18-4-3-5-22(29)13-18;1-2-35-28(34)32-24-9-10-25-21(16-24)14-19-12-13-31-33-27(19)26(25)11-8-23-7-6-20(17-30-23)18-4-3-5-22(29)15-18;1-2-35-28(34)33-23-9-10-24-20(15-23)16-26-27(31-13-12-30-26)25(24)11-8-22-7-6-19(17-32-22)18-4-3-5-21(29)14-18/h2*3-8,11,13,15-17,20,24-26H,2,9-10,12,14H2,1H3,(H,33,34);3-8,11-13,15,17,21,24-26H,2,9-10,14,16H2,1H3,(H,32,34);3-8,11-14,17,20,23-25H,2,9-10,15-16H2,1H3,(H,33,34)/b4*11-8+/t2*20-,24-,25-,26+;21-,24-,25-,26+;20-,23+,24+,25-/m1110/s1. The quantitative estimate of drug-likeness (QED) is 0.0407. The van der Waals surface area contributed by atoms with Crippen LogP contribution < -0.4 is 21.3 Å². The van der Waals surface area contributed by atoms with Crippen LogP contribution in [-0.2, 0) is 44.6 Å². The minimum absolute atomic E-state index is 0.121. The van der Waals surface area contributed by atoms with Crippen molar-refractivity contribution in [1.29, 1.82) is 0 Å². The Morgan fingerprint density at radius 2 is 0.686 bits per heavy atom. The Morgan fingerprint density at radius 1 is 0.329 bits per heavy atom. The summed E-state index contributed by atoms with van der Waals surface area (Å²) in [5, 5.41) is 29.1. The fourth-order valence-electron chi connectivity index (χ4n) is 22.2. The molecule has 4 amide bonds. The molecule has 0 radical (unpaired) electrons. The molecule has 4 aromatic carbocycles. The van der Waals surface area contributed by atoms with Gasteiger partial charge in [-0.3, -0.25) is 29.9 Å². The Morgan fingerprint density at radius 3 is 1.08 bits per heavy atom. The first-order valence-corrected chi connectivity index (χ1v) is 48.9. The molecule has 20 rings (SSSR count). The average Bonchev–Trinajstić information content (AvgIpc) is 0.780. The third kappa shape index (κ3) is 24.8. The Bertz CT molecular complexity index is 5620. The summed E-state index contributed by atoms with van der Waals surface area (Å²) >= 11 is 0. The van der Waals surface area contributed by atoms with Crippen molar-refractivity contribution >= 4 is 48.7 Å². The zero-order chi connectivity index (χ0) is 96.8. The summed E-state index contributed by atoms with van der Waals surface area (Å²) in [4.78, 5) is 84.3. The molecule has 28 heteroatoms. The van der Waals surface area contributed by atoms with E-state index in [0.717, 1.165) is 193 Å². The Labute approximate surface area is 813 Å². The molecule has 8 aliphatic rings. The molecular weight excluding hydrogens is 1770 g/mol. The van der Waals surface area contributed by atoms with Crippen molar-refractivity contribution in [3.63, 3.8) is 0 Å². The summed E-state index contributed by atoms with van der Waals surface area (Å²) in [6.45, 7) is 8.76. The van der Waals surface area contributed by atoms with Crippen molar-refractivity contribution in [1.82, 2.24) is 81.5 Å². The summed E-state index contributed by atoms with van der Waals surface area (Å²) in [6.07, 6.45) is 50.5. The molecule has 0 bridgehead atoms. The third-order valence-electron chi connectivity index (χ3n) is 28.6. The van der Waals surface area contributed by atoms with Crippen molar-refractivity contribution in [3.8, 4) is 44.5 Å². The summed E-state index contributed by atoms with van der Waals surface area (Å²) in [5.74, 6) is 3.17. The van der Waals surface area contributed by atoms with E-state index in [2.05, 4.69) is 119 Å². The number of carbonyl (C=O) groups is 4. The average molecular weight is 1890 g/mol. The molecule has 8 aromatic heterocycles. The lowest BCUT2D eigenvalue weighted by atomic mass is 9.63. The number of hydrogen-bond acceptors (Lipinski definition) is 20. The van der Waals surface area contributed by atoms with Crippen molar-refractivity contribution in [3.05, 3.63) is 335 Å². The Hall–Kier alpha value is -14.4. The molecule has 12 aromatic rings. The zero-order valence-corrected chi connectivity index (χ0v) is 78.9. The third-order valence-corrected chi connectivity index (χ3v) is 28.6. The number of amides is 4. The first-order chi connectivity index (χ1) is 68.4. The van der Waals surface area contributed by atoms with E-state index in [1.54, 1.807) is 74.0 Å². The Kier molecular flexibility index (Phi) is 32.5. The molecule has 8 heterocycles. The van der Waals surface area contributed by atoms with Crippen LogP contribution in [0.25, 0.3) is 68.8 Å². The number of alkyl carbamates (subject to hydrolysis) is 4. The molecule has 140 heavy (non-hydrogen) atoms. The molecule has 0 saturated heterocycles. The number of halogens is 4. The minimum Gasteiger partial charge on any atom is -0.450 e. The van der Waals surface area contributed by atoms with Crippen LogP contribution in [-0.4, -0.2) is 135 Å². The maximum Gasteiger partial charge on any atom is 0.407 e. The molecule has 720 valence electrons. The van der Waals surface area contributed by atoms with E-state index in [-0.39, 0.29) is 95.5 Å². The van der Waals surface area contributed by atoms with Crippen molar-refractivity contribution < 1.29 is 55.7 Å². The summed E-state index contributed by atoms with van der Waals surface area (Å²) < 4.78 is 74.6. The maximum absolute atomic E-state index is 13.6. The second-order valence-electron chi connectivity index (χ2n) is 37.2. The first-order valence-electron chi connectivity index (χ1n) is 48.9. The van der Waals surface area contributed by atoms with Crippen LogP contribution in [0.2, 0.25) is 0 Å². The van der Waals surface area contributed by atoms with E-state index >= 15 is 0 Å². The second kappa shape index (κ2) is 46.8. The summed E-state index contributed by atoms with van der Waals surface area (Å²) in [5.41, 5.74) is 19.2. The zero-order valence-electron chi connectivity index (χ0n) is 78.9. The van der Waals surface area contributed by atoms with Gasteiger partial charge in [-0.25, -0.2) is 46.7 Å². The van der Waals surface area contributed by atoms with Crippen LogP contribution in [0.5, 0.6) is 0 Å². The first kappa shape index (κ1) is 97.2. The minimum atomic E-state index is -0.337. The van der Waals surface area contributed by atoms with Gasteiger partial charge < -0.3 is 40.2 Å². The van der Waals surface area contributed by atoms with E-state index in [4.69, 9.17) is 23.9 Å². The van der Waals surface area contributed by atoms with Crippen LogP contribution in [0.1, 0.15) is 196 Å². The number of hydrogen-bond donors (Lipinski definition) is 4. The molecule has 24 nitrogen and oxygen atoms in total. The largest absolute Gasteiger partial charge is 0.450 e. The normalized spacial score (nSPS) is 23.4. The molecule has 4 N–H and O–H groups in total. The predicted octanol–water partition coefficient (Wildman–Crippen LogP) is 22.2. The van der Waals surface area contributed by atoms with Crippen molar-refractivity contribution in [2.75, 3.05) is 26.4 Å². The fraction of sp³-hybridized carbons (Fsp3) is 0.357. The number of aromatic nitrogens is 12. The molecule has 8 aliphatic carbocycles. The maximum atomic E-state index is 13.6. The molecule has 0 aliphatic heterocycles. The molecule has 0 spiro atoms. The number of fused-ring (bicyclic) bond motifs is 8. The molecule has 16 atom stereocenters. The van der Waals surface area contributed by atoms with Crippen LogP contribution >= 0.6 is 0 Å². The van der Waals surface area contributed by atoms with Gasteiger partial charge in [0.05, 0.1) is 84.4 Å². The van der Waals surface area contributed by atoms with E-state index in [0.29, 0.717) is 73.8 Å². The van der Waals surface area contributed by atoms with E-state index in [9.17, 15) is 36.7 Å². The van der Waals surface area contributed by atoms with Gasteiger partial charge in [0.15, 0.2) is 0 Å². The van der Waals surface area contributed by atoms with Gasteiger partial charge in [0.2, 0.25) is 0 Å². The topological polar surface area (TPSA) is 308 Å². The van der Waals surface area contributed by atoms with Gasteiger partial charge in [0, 0.05) is 120 Å².